The Morgan fingerprint density at radius 2 is 1.88 bits per heavy atom. The number of carbonyl (C=O) groups is 3. The Hall–Kier alpha value is -3.40. The van der Waals surface area contributed by atoms with E-state index in [9.17, 15) is 24.5 Å². The van der Waals surface area contributed by atoms with Crippen molar-refractivity contribution < 1.29 is 23.7 Å². The second kappa shape index (κ2) is 8.99. The molecule has 1 aromatic heterocycles. The fraction of sp³-hybridized carbons (Fsp3) is 0.318. The molecule has 2 saturated heterocycles. The number of thioether (sulfide) groups is 1. The van der Waals surface area contributed by atoms with Crippen LogP contribution in [0, 0.1) is 16.0 Å². The lowest BCUT2D eigenvalue weighted by Crippen LogP contribution is -2.45. The number of piperidine rings is 1. The molecule has 2 aliphatic rings. The molecule has 0 atom stereocenters. The number of hydrogen-bond acceptors (Lipinski definition) is 7. The molecule has 3 amide bonds. The van der Waals surface area contributed by atoms with Gasteiger partial charge in [0.2, 0.25) is 5.91 Å². The van der Waals surface area contributed by atoms with Crippen molar-refractivity contribution in [3.8, 4) is 11.3 Å². The van der Waals surface area contributed by atoms with Gasteiger partial charge in [0.1, 0.15) is 18.1 Å². The molecule has 32 heavy (non-hydrogen) atoms. The highest BCUT2D eigenvalue weighted by Gasteiger charge is 2.37. The van der Waals surface area contributed by atoms with Crippen molar-refractivity contribution in [2.75, 3.05) is 19.6 Å². The maximum Gasteiger partial charge on any atom is 0.294 e. The molecule has 4 rings (SSSR count). The van der Waals surface area contributed by atoms with Gasteiger partial charge >= 0.3 is 0 Å². The molecule has 0 bridgehead atoms. The molecule has 2 fully saturated rings. The first kappa shape index (κ1) is 21.8. The van der Waals surface area contributed by atoms with Gasteiger partial charge in [-0.3, -0.25) is 29.4 Å². The molecule has 1 aromatic carbocycles. The Bertz CT molecular complexity index is 1100. The molecule has 10 heteroatoms. The highest BCUT2D eigenvalue weighted by Crippen LogP contribution is 2.33. The number of nitrogens with zero attached hydrogens (tertiary/aromatic N) is 3. The van der Waals surface area contributed by atoms with E-state index in [0.29, 0.717) is 36.1 Å². The molecule has 2 aromatic rings. The van der Waals surface area contributed by atoms with Crippen molar-refractivity contribution in [1.82, 2.24) is 9.80 Å². The van der Waals surface area contributed by atoms with E-state index in [0.717, 1.165) is 29.5 Å². The summed E-state index contributed by atoms with van der Waals surface area (Å²) in [6, 6.07) is 9.22. The average Bonchev–Trinajstić information content (AvgIpc) is 3.34. The Morgan fingerprint density at radius 1 is 1.19 bits per heavy atom. The van der Waals surface area contributed by atoms with Crippen molar-refractivity contribution in [2.24, 2.45) is 5.92 Å². The van der Waals surface area contributed by atoms with Crippen LogP contribution in [0.15, 0.2) is 45.7 Å². The van der Waals surface area contributed by atoms with E-state index in [1.54, 1.807) is 29.2 Å². The standard InChI is InChI=1S/C22H21N3O6S/c1-14-8-10-23(11-9-14)20(26)13-24-21(27)19(32-22(24)28)12-17-6-7-18(31-17)15-2-4-16(5-3-15)25(29)30/h2-7,12,14H,8-11,13H2,1H3/b19-12+. The normalized spacial score (nSPS) is 18.6. The second-order valence-electron chi connectivity index (χ2n) is 7.84. The van der Waals surface area contributed by atoms with Gasteiger partial charge < -0.3 is 9.32 Å². The maximum atomic E-state index is 12.7. The van der Waals surface area contributed by atoms with Gasteiger partial charge in [-0.05, 0) is 54.8 Å². The predicted molar refractivity (Wildman–Crippen MR) is 118 cm³/mol. The topological polar surface area (TPSA) is 114 Å². The molecule has 0 aliphatic carbocycles. The number of rotatable bonds is 5. The van der Waals surface area contributed by atoms with Crippen LogP contribution in [-0.2, 0) is 9.59 Å². The molecular formula is C22H21N3O6S. The van der Waals surface area contributed by atoms with Crippen LogP contribution in [0.1, 0.15) is 25.5 Å². The number of non-ortho nitro benzene ring substituents is 1. The fourth-order valence-electron chi connectivity index (χ4n) is 3.59. The van der Waals surface area contributed by atoms with E-state index in [1.165, 1.54) is 18.2 Å². The van der Waals surface area contributed by atoms with Crippen LogP contribution in [0.25, 0.3) is 17.4 Å². The van der Waals surface area contributed by atoms with E-state index in [2.05, 4.69) is 6.92 Å². The monoisotopic (exact) mass is 455 g/mol. The zero-order valence-corrected chi connectivity index (χ0v) is 18.2. The van der Waals surface area contributed by atoms with Crippen LogP contribution in [0.2, 0.25) is 0 Å². The maximum absolute atomic E-state index is 12.7. The number of likely N-dealkylation sites (tertiary alicyclic amines) is 1. The zero-order valence-electron chi connectivity index (χ0n) is 17.4. The minimum absolute atomic E-state index is 0.0252. The lowest BCUT2D eigenvalue weighted by atomic mass is 9.99. The van der Waals surface area contributed by atoms with Crippen LogP contribution < -0.4 is 0 Å². The zero-order chi connectivity index (χ0) is 22.8. The van der Waals surface area contributed by atoms with Gasteiger partial charge in [-0.25, -0.2) is 0 Å². The summed E-state index contributed by atoms with van der Waals surface area (Å²) in [7, 11) is 0. The third-order valence-corrected chi connectivity index (χ3v) is 6.47. The molecule has 3 heterocycles. The van der Waals surface area contributed by atoms with Crippen LogP contribution in [0.4, 0.5) is 10.5 Å². The summed E-state index contributed by atoms with van der Waals surface area (Å²) in [6.45, 7) is 3.17. The SMILES string of the molecule is CC1CCN(C(=O)CN2C(=O)S/C(=C/c3ccc(-c4ccc([N+](=O)[O-])cc4)o3)C2=O)CC1. The van der Waals surface area contributed by atoms with Crippen LogP contribution >= 0.6 is 11.8 Å². The van der Waals surface area contributed by atoms with Crippen LogP contribution in [0.5, 0.6) is 0 Å². The first-order valence-corrected chi connectivity index (χ1v) is 11.0. The number of nitro groups is 1. The lowest BCUT2D eigenvalue weighted by Gasteiger charge is -2.31. The van der Waals surface area contributed by atoms with Gasteiger partial charge in [0.15, 0.2) is 0 Å². The third-order valence-electron chi connectivity index (χ3n) is 5.57. The summed E-state index contributed by atoms with van der Waals surface area (Å²) in [5.41, 5.74) is 0.618. The predicted octanol–water partition coefficient (Wildman–Crippen LogP) is 4.15. The third kappa shape index (κ3) is 4.59. The molecule has 0 spiro atoms. The van der Waals surface area contributed by atoms with Crippen molar-refractivity contribution >= 4 is 40.6 Å². The first-order valence-electron chi connectivity index (χ1n) is 10.2. The molecule has 0 unspecified atom stereocenters. The van der Waals surface area contributed by atoms with Gasteiger partial charge in [-0.15, -0.1) is 0 Å². The van der Waals surface area contributed by atoms with Gasteiger partial charge in [-0.1, -0.05) is 6.92 Å². The summed E-state index contributed by atoms with van der Waals surface area (Å²) in [6.07, 6.45) is 3.30. The molecule has 0 N–H and O–H groups in total. The van der Waals surface area contributed by atoms with Crippen molar-refractivity contribution in [1.29, 1.82) is 0 Å². The van der Waals surface area contributed by atoms with Gasteiger partial charge in [0.25, 0.3) is 16.8 Å². The van der Waals surface area contributed by atoms with E-state index in [1.807, 2.05) is 0 Å². The molecule has 0 radical (unpaired) electrons. The summed E-state index contributed by atoms with van der Waals surface area (Å²) in [5.74, 6) is 0.661. The van der Waals surface area contributed by atoms with Crippen molar-refractivity contribution in [2.45, 2.75) is 19.8 Å². The minimum Gasteiger partial charge on any atom is -0.457 e. The summed E-state index contributed by atoms with van der Waals surface area (Å²) < 4.78 is 5.72. The van der Waals surface area contributed by atoms with E-state index in [4.69, 9.17) is 4.42 Å². The van der Waals surface area contributed by atoms with E-state index < -0.39 is 16.1 Å². The first-order chi connectivity index (χ1) is 15.3. The number of nitro benzene ring substituents is 1. The number of carbonyl (C=O) groups excluding carboxylic acids is 3. The Labute approximate surface area is 188 Å². The molecule has 9 nitrogen and oxygen atoms in total. The summed E-state index contributed by atoms with van der Waals surface area (Å²) in [4.78, 5) is 50.7. The Kier molecular flexibility index (Phi) is 6.13. The smallest absolute Gasteiger partial charge is 0.294 e. The number of imide groups is 1. The Morgan fingerprint density at radius 3 is 2.53 bits per heavy atom. The molecular weight excluding hydrogens is 434 g/mol. The highest BCUT2D eigenvalue weighted by molar-refractivity contribution is 8.18. The van der Waals surface area contributed by atoms with Gasteiger partial charge in [0.05, 0.1) is 9.83 Å². The lowest BCUT2D eigenvalue weighted by molar-refractivity contribution is -0.384. The highest BCUT2D eigenvalue weighted by atomic mass is 32.2. The summed E-state index contributed by atoms with van der Waals surface area (Å²) >= 11 is 0.769. The van der Waals surface area contributed by atoms with Crippen molar-refractivity contribution in [3.05, 3.63) is 57.2 Å². The van der Waals surface area contributed by atoms with Crippen LogP contribution in [-0.4, -0.2) is 51.4 Å². The largest absolute Gasteiger partial charge is 0.457 e. The van der Waals surface area contributed by atoms with Crippen molar-refractivity contribution in [3.63, 3.8) is 0 Å². The number of amides is 3. The van der Waals surface area contributed by atoms with Gasteiger partial charge in [-0.2, -0.15) is 0 Å². The van der Waals surface area contributed by atoms with Gasteiger partial charge in [0, 0.05) is 36.9 Å². The van der Waals surface area contributed by atoms with E-state index in [-0.39, 0.29) is 23.0 Å². The second-order valence-corrected chi connectivity index (χ2v) is 8.83. The van der Waals surface area contributed by atoms with Crippen LogP contribution in [0.3, 0.4) is 0 Å². The summed E-state index contributed by atoms with van der Waals surface area (Å²) in [5, 5.41) is 10.3. The quantitative estimate of drug-likeness (QED) is 0.378. The fourth-order valence-corrected chi connectivity index (χ4v) is 4.41. The Balaban J connectivity index is 1.44. The molecule has 166 valence electrons. The van der Waals surface area contributed by atoms with E-state index >= 15 is 0 Å². The molecule has 0 saturated carbocycles. The average molecular weight is 455 g/mol. The minimum atomic E-state index is -0.521. The number of furan rings is 1. The molecule has 2 aliphatic heterocycles. The number of benzene rings is 1. The number of hydrogen-bond donors (Lipinski definition) is 0.